The summed E-state index contributed by atoms with van der Waals surface area (Å²) in [7, 11) is 0. The maximum atomic E-state index is 4.42. The van der Waals surface area contributed by atoms with E-state index in [1.54, 1.807) is 6.33 Å². The number of halogens is 1. The number of anilines is 1. The van der Waals surface area contributed by atoms with Crippen LogP contribution in [0.4, 0.5) is 5.82 Å². The monoisotopic (exact) mass is 330 g/mol. The van der Waals surface area contributed by atoms with Crippen LogP contribution in [0.2, 0.25) is 0 Å². The highest BCUT2D eigenvalue weighted by molar-refractivity contribution is 14.1. The second-order valence-corrected chi connectivity index (χ2v) is 5.83. The Morgan fingerprint density at radius 1 is 1.50 bits per heavy atom. The van der Waals surface area contributed by atoms with E-state index < -0.39 is 0 Å². The van der Waals surface area contributed by atoms with E-state index in [4.69, 9.17) is 0 Å². The Balaban J connectivity index is 1.89. The zero-order valence-corrected chi connectivity index (χ0v) is 11.4. The van der Waals surface area contributed by atoms with E-state index in [2.05, 4.69) is 49.7 Å². The van der Waals surface area contributed by atoms with Crippen LogP contribution in [0.25, 0.3) is 0 Å². The predicted molar refractivity (Wildman–Crippen MR) is 71.4 cm³/mol. The lowest BCUT2D eigenvalue weighted by atomic mass is 9.95. The number of hydrogen-bond donors (Lipinski definition) is 1. The Bertz CT molecular complexity index is 397. The molecule has 0 radical (unpaired) electrons. The smallest absolute Gasteiger partial charge is 0.145 e. The molecule has 16 heavy (non-hydrogen) atoms. The lowest BCUT2D eigenvalue weighted by Crippen LogP contribution is -2.34. The molecule has 0 amide bonds. The van der Waals surface area contributed by atoms with Gasteiger partial charge in [-0.15, -0.1) is 0 Å². The van der Waals surface area contributed by atoms with Crippen LogP contribution in [0.3, 0.4) is 0 Å². The maximum Gasteiger partial charge on any atom is 0.145 e. The van der Waals surface area contributed by atoms with Crippen LogP contribution in [0.15, 0.2) is 12.5 Å². The molecule has 2 fully saturated rings. The van der Waals surface area contributed by atoms with E-state index in [9.17, 15) is 0 Å². The largest absolute Gasteiger partial charge is 0.352 e. The van der Waals surface area contributed by atoms with Crippen molar-refractivity contribution in [3.63, 3.8) is 0 Å². The second kappa shape index (κ2) is 4.10. The van der Waals surface area contributed by atoms with Crippen molar-refractivity contribution in [3.05, 3.63) is 16.1 Å². The molecule has 3 heterocycles. The van der Waals surface area contributed by atoms with Gasteiger partial charge >= 0.3 is 0 Å². The molecule has 3 atom stereocenters. The molecule has 0 aliphatic carbocycles. The molecule has 3 rings (SSSR count). The zero-order valence-electron chi connectivity index (χ0n) is 9.23. The number of aromatic nitrogens is 2. The zero-order chi connectivity index (χ0) is 11.1. The van der Waals surface area contributed by atoms with Crippen molar-refractivity contribution in [2.75, 3.05) is 24.5 Å². The minimum Gasteiger partial charge on any atom is -0.352 e. The van der Waals surface area contributed by atoms with Crippen LogP contribution in [0.1, 0.15) is 6.92 Å². The van der Waals surface area contributed by atoms with Crippen LogP contribution in [0.5, 0.6) is 0 Å². The molecule has 86 valence electrons. The van der Waals surface area contributed by atoms with Gasteiger partial charge in [0.25, 0.3) is 0 Å². The summed E-state index contributed by atoms with van der Waals surface area (Å²) in [6.07, 6.45) is 3.54. The number of rotatable bonds is 1. The van der Waals surface area contributed by atoms with Gasteiger partial charge in [-0.1, -0.05) is 0 Å². The first-order chi connectivity index (χ1) is 7.77. The average molecular weight is 330 g/mol. The number of hydrogen-bond acceptors (Lipinski definition) is 4. The van der Waals surface area contributed by atoms with Gasteiger partial charge in [0.1, 0.15) is 12.1 Å². The highest BCUT2D eigenvalue weighted by Gasteiger charge is 2.42. The number of nitrogens with zero attached hydrogens (tertiary/aromatic N) is 3. The molecule has 2 saturated heterocycles. The van der Waals surface area contributed by atoms with E-state index in [0.717, 1.165) is 40.9 Å². The van der Waals surface area contributed by atoms with Gasteiger partial charge in [0.15, 0.2) is 0 Å². The van der Waals surface area contributed by atoms with E-state index >= 15 is 0 Å². The van der Waals surface area contributed by atoms with Gasteiger partial charge in [-0.2, -0.15) is 0 Å². The minimum atomic E-state index is 0.586. The van der Waals surface area contributed by atoms with Gasteiger partial charge in [0.2, 0.25) is 0 Å². The summed E-state index contributed by atoms with van der Waals surface area (Å²) >= 11 is 2.32. The summed E-state index contributed by atoms with van der Waals surface area (Å²) < 4.78 is 1.15. The van der Waals surface area contributed by atoms with Crippen LogP contribution >= 0.6 is 22.6 Å². The molecule has 0 aromatic carbocycles. The molecule has 0 bridgehead atoms. The Morgan fingerprint density at radius 3 is 3.12 bits per heavy atom. The first kappa shape index (κ1) is 10.7. The van der Waals surface area contributed by atoms with Crippen LogP contribution in [-0.4, -0.2) is 35.6 Å². The Labute approximate surface area is 109 Å². The fourth-order valence-corrected chi connectivity index (χ4v) is 3.57. The van der Waals surface area contributed by atoms with E-state index in [-0.39, 0.29) is 0 Å². The summed E-state index contributed by atoms with van der Waals surface area (Å²) in [5.74, 6) is 2.68. The van der Waals surface area contributed by atoms with Crippen molar-refractivity contribution < 1.29 is 0 Å². The van der Waals surface area contributed by atoms with Crippen LogP contribution in [-0.2, 0) is 0 Å². The Kier molecular flexibility index (Phi) is 2.75. The molecule has 2 aliphatic rings. The Morgan fingerprint density at radius 2 is 2.38 bits per heavy atom. The van der Waals surface area contributed by atoms with Crippen molar-refractivity contribution in [1.29, 1.82) is 0 Å². The Hall–Kier alpha value is -0.430. The fourth-order valence-electron chi connectivity index (χ4n) is 2.96. The molecule has 5 heteroatoms. The summed E-state index contributed by atoms with van der Waals surface area (Å²) in [6.45, 7) is 5.76. The summed E-state index contributed by atoms with van der Waals surface area (Å²) in [6, 6.07) is 0.586. The van der Waals surface area contributed by atoms with Gasteiger partial charge in [-0.25, -0.2) is 9.97 Å². The summed E-state index contributed by atoms with van der Waals surface area (Å²) in [5.41, 5.74) is 0. The van der Waals surface area contributed by atoms with Crippen molar-refractivity contribution in [3.8, 4) is 0 Å². The van der Waals surface area contributed by atoms with E-state index in [1.165, 1.54) is 0 Å². The van der Waals surface area contributed by atoms with Crippen molar-refractivity contribution in [2.45, 2.75) is 13.0 Å². The van der Waals surface area contributed by atoms with Crippen molar-refractivity contribution in [1.82, 2.24) is 15.3 Å². The van der Waals surface area contributed by atoms with Crippen molar-refractivity contribution >= 4 is 28.4 Å². The third kappa shape index (κ3) is 1.60. The maximum absolute atomic E-state index is 4.42. The topological polar surface area (TPSA) is 41.0 Å². The van der Waals surface area contributed by atoms with Crippen LogP contribution in [0, 0.1) is 15.4 Å². The third-order valence-electron chi connectivity index (χ3n) is 3.85. The molecule has 1 aromatic heterocycles. The normalized spacial score (nSPS) is 33.1. The van der Waals surface area contributed by atoms with Gasteiger partial charge < -0.3 is 10.2 Å². The highest BCUT2D eigenvalue weighted by Crippen LogP contribution is 2.36. The summed E-state index contributed by atoms with van der Waals surface area (Å²) in [5, 5.41) is 3.48. The van der Waals surface area contributed by atoms with Crippen LogP contribution < -0.4 is 10.2 Å². The molecule has 1 aromatic rings. The molecule has 2 aliphatic heterocycles. The molecule has 0 spiro atoms. The second-order valence-electron chi connectivity index (χ2n) is 4.67. The quantitative estimate of drug-likeness (QED) is 0.784. The van der Waals surface area contributed by atoms with Crippen molar-refractivity contribution in [2.24, 2.45) is 11.8 Å². The molecular weight excluding hydrogens is 315 g/mol. The third-order valence-corrected chi connectivity index (χ3v) is 4.62. The molecule has 3 unspecified atom stereocenters. The van der Waals surface area contributed by atoms with Gasteiger partial charge in [-0.3, -0.25) is 0 Å². The average Bonchev–Trinajstić information content (AvgIpc) is 2.83. The fraction of sp³-hybridized carbons (Fsp3) is 0.636. The SMILES string of the molecule is CC1C2CNCC2CN1c1ncncc1I. The van der Waals surface area contributed by atoms with Gasteiger partial charge in [0, 0.05) is 31.9 Å². The summed E-state index contributed by atoms with van der Waals surface area (Å²) in [4.78, 5) is 10.9. The molecular formula is C11H15IN4. The van der Waals surface area contributed by atoms with E-state index in [1.807, 2.05) is 6.20 Å². The first-order valence-electron chi connectivity index (χ1n) is 5.70. The molecule has 1 N–H and O–H groups in total. The predicted octanol–water partition coefficient (Wildman–Crippen LogP) is 1.13. The minimum absolute atomic E-state index is 0.586. The first-order valence-corrected chi connectivity index (χ1v) is 6.78. The standard InChI is InChI=1S/C11H15IN4/c1-7-9-3-13-2-8(9)5-16(7)11-10(12)4-14-6-15-11/h4,6-9,13H,2-3,5H2,1H3. The van der Waals surface area contributed by atoms with Gasteiger partial charge in [-0.05, 0) is 41.4 Å². The highest BCUT2D eigenvalue weighted by atomic mass is 127. The molecule has 4 nitrogen and oxygen atoms in total. The molecule has 0 saturated carbocycles. The number of fused-ring (bicyclic) bond motifs is 1. The van der Waals surface area contributed by atoms with E-state index in [0.29, 0.717) is 6.04 Å². The van der Waals surface area contributed by atoms with Gasteiger partial charge in [0.05, 0.1) is 3.57 Å². The lowest BCUT2D eigenvalue weighted by Gasteiger charge is -2.26. The number of nitrogens with one attached hydrogen (secondary N) is 1. The lowest BCUT2D eigenvalue weighted by molar-refractivity contribution is 0.471.